The second-order valence-electron chi connectivity index (χ2n) is 8.81. The zero-order valence-electron chi connectivity index (χ0n) is 18.8. The molecule has 5 aromatic rings. The van der Waals surface area contributed by atoms with E-state index in [-0.39, 0.29) is 6.04 Å². The number of hydrogen-bond acceptors (Lipinski definition) is 1. The normalized spacial score (nSPS) is 15.4. The van der Waals surface area contributed by atoms with Crippen LogP contribution in [0.15, 0.2) is 115 Å². The third-order valence-corrected chi connectivity index (χ3v) is 7.66. The highest BCUT2D eigenvalue weighted by atomic mass is 31.1. The van der Waals surface area contributed by atoms with Gasteiger partial charge in [-0.2, -0.15) is 4.67 Å². The second-order valence-corrected chi connectivity index (χ2v) is 9.48. The molecule has 1 aliphatic heterocycles. The van der Waals surface area contributed by atoms with E-state index in [0.29, 0.717) is 0 Å². The SMILES string of the molecule is O=[PH+]N1c2c(ccc(-c3ccccc3)c2-c2ccccc2)CCC1c1cccc2ccccc12. The summed E-state index contributed by atoms with van der Waals surface area (Å²) in [7, 11) is -0.570. The van der Waals surface area contributed by atoms with Crippen molar-refractivity contribution in [1.29, 1.82) is 0 Å². The fourth-order valence-corrected chi connectivity index (χ4v) is 6.13. The first kappa shape index (κ1) is 20.8. The molecule has 0 saturated heterocycles. The van der Waals surface area contributed by atoms with Crippen molar-refractivity contribution in [2.45, 2.75) is 18.9 Å². The molecule has 0 aromatic heterocycles. The van der Waals surface area contributed by atoms with Crippen LogP contribution in [0.3, 0.4) is 0 Å². The lowest BCUT2D eigenvalue weighted by molar-refractivity contribution is 0.575. The van der Waals surface area contributed by atoms with Crippen LogP contribution in [0.4, 0.5) is 5.69 Å². The molecule has 34 heavy (non-hydrogen) atoms. The number of aryl methyl sites for hydroxylation is 1. The Kier molecular flexibility index (Phi) is 5.45. The fraction of sp³-hybridized carbons (Fsp3) is 0.0968. The van der Waals surface area contributed by atoms with Gasteiger partial charge in [-0.05, 0) is 56.0 Å². The number of anilines is 1. The Morgan fingerprint density at radius 3 is 2.12 bits per heavy atom. The second kappa shape index (κ2) is 8.89. The van der Waals surface area contributed by atoms with Crippen molar-refractivity contribution in [3.8, 4) is 22.3 Å². The standard InChI is InChI=1S/C31H24NOP/c33-34-32-29(28-17-9-15-22-12-7-8-16-26(22)28)21-19-25-18-20-27(23-10-3-1-4-11-23)30(31(25)32)24-13-5-2-6-14-24/h1-18,20,29H,19,21H2/p+1. The zero-order valence-corrected chi connectivity index (χ0v) is 19.8. The molecular formula is C31H25NOP+. The summed E-state index contributed by atoms with van der Waals surface area (Å²) in [5, 5.41) is 2.46. The third-order valence-electron chi connectivity index (χ3n) is 6.93. The van der Waals surface area contributed by atoms with Crippen LogP contribution in [0.2, 0.25) is 0 Å². The highest BCUT2D eigenvalue weighted by Crippen LogP contribution is 2.51. The summed E-state index contributed by atoms with van der Waals surface area (Å²) in [5.74, 6) is 0. The molecule has 0 radical (unpaired) electrons. The average Bonchev–Trinajstić information content (AvgIpc) is 2.92. The minimum Gasteiger partial charge on any atom is -0.160 e. The van der Waals surface area contributed by atoms with Crippen LogP contribution < -0.4 is 4.67 Å². The Labute approximate surface area is 201 Å². The summed E-state index contributed by atoms with van der Waals surface area (Å²) in [6.45, 7) is 0. The maximum atomic E-state index is 13.0. The molecule has 0 bridgehead atoms. The fourth-order valence-electron chi connectivity index (χ4n) is 5.39. The predicted molar refractivity (Wildman–Crippen MR) is 144 cm³/mol. The summed E-state index contributed by atoms with van der Waals surface area (Å²) in [6, 6.07) is 40.6. The summed E-state index contributed by atoms with van der Waals surface area (Å²) < 4.78 is 15.1. The molecule has 6 rings (SSSR count). The lowest BCUT2D eigenvalue weighted by Crippen LogP contribution is -2.26. The molecule has 164 valence electrons. The number of nitrogens with zero attached hydrogens (tertiary/aromatic N) is 1. The van der Waals surface area contributed by atoms with Crippen molar-refractivity contribution in [1.82, 2.24) is 0 Å². The van der Waals surface area contributed by atoms with E-state index in [9.17, 15) is 4.57 Å². The van der Waals surface area contributed by atoms with Crippen molar-refractivity contribution in [2.75, 3.05) is 4.67 Å². The summed E-state index contributed by atoms with van der Waals surface area (Å²) in [5.41, 5.74) is 8.27. The van der Waals surface area contributed by atoms with Gasteiger partial charge in [0.25, 0.3) is 0 Å². The molecular weight excluding hydrogens is 433 g/mol. The highest BCUT2D eigenvalue weighted by molar-refractivity contribution is 7.26. The van der Waals surface area contributed by atoms with E-state index in [1.807, 2.05) is 12.1 Å². The Balaban J connectivity index is 1.60. The van der Waals surface area contributed by atoms with Crippen molar-refractivity contribution >= 4 is 25.1 Å². The minimum atomic E-state index is -0.570. The molecule has 1 aliphatic rings. The average molecular weight is 459 g/mol. The van der Waals surface area contributed by atoms with Gasteiger partial charge in [0.2, 0.25) is 0 Å². The van der Waals surface area contributed by atoms with Crippen LogP contribution in [0.25, 0.3) is 33.0 Å². The smallest absolute Gasteiger partial charge is 0.160 e. The van der Waals surface area contributed by atoms with E-state index in [0.717, 1.165) is 29.7 Å². The van der Waals surface area contributed by atoms with Gasteiger partial charge in [0.1, 0.15) is 6.04 Å². The van der Waals surface area contributed by atoms with E-state index < -0.39 is 8.61 Å². The monoisotopic (exact) mass is 458 g/mol. The van der Waals surface area contributed by atoms with Crippen LogP contribution in [0.5, 0.6) is 0 Å². The lowest BCUT2D eigenvalue weighted by Gasteiger charge is -2.33. The van der Waals surface area contributed by atoms with Crippen LogP contribution in [-0.2, 0) is 11.0 Å². The lowest BCUT2D eigenvalue weighted by atomic mass is 9.85. The maximum absolute atomic E-state index is 13.0. The zero-order chi connectivity index (χ0) is 22.9. The number of fused-ring (bicyclic) bond motifs is 2. The van der Waals surface area contributed by atoms with Gasteiger partial charge >= 0.3 is 8.61 Å². The molecule has 2 unspecified atom stereocenters. The van der Waals surface area contributed by atoms with E-state index in [1.54, 1.807) is 0 Å². The quantitative estimate of drug-likeness (QED) is 0.251. The van der Waals surface area contributed by atoms with Crippen molar-refractivity contribution in [2.24, 2.45) is 0 Å². The van der Waals surface area contributed by atoms with Crippen LogP contribution in [0, 0.1) is 0 Å². The van der Waals surface area contributed by atoms with Gasteiger partial charge in [-0.3, -0.25) is 0 Å². The molecule has 1 heterocycles. The Morgan fingerprint density at radius 1 is 0.676 bits per heavy atom. The number of benzene rings is 5. The van der Waals surface area contributed by atoms with E-state index in [2.05, 4.69) is 108 Å². The molecule has 2 atom stereocenters. The van der Waals surface area contributed by atoms with Gasteiger partial charge in [0, 0.05) is 5.56 Å². The summed E-state index contributed by atoms with van der Waals surface area (Å²) in [4.78, 5) is 0. The van der Waals surface area contributed by atoms with Crippen molar-refractivity contribution in [3.05, 3.63) is 126 Å². The van der Waals surface area contributed by atoms with Crippen molar-refractivity contribution in [3.63, 3.8) is 0 Å². The van der Waals surface area contributed by atoms with Crippen LogP contribution >= 0.6 is 8.61 Å². The summed E-state index contributed by atoms with van der Waals surface area (Å²) in [6.07, 6.45) is 1.90. The van der Waals surface area contributed by atoms with Gasteiger partial charge in [0.05, 0.1) is 5.69 Å². The molecule has 0 saturated carbocycles. The van der Waals surface area contributed by atoms with Gasteiger partial charge in [-0.1, -0.05) is 115 Å². The van der Waals surface area contributed by atoms with Crippen LogP contribution in [0.1, 0.15) is 23.6 Å². The largest absolute Gasteiger partial charge is 0.448 e. The molecule has 0 spiro atoms. The predicted octanol–water partition coefficient (Wildman–Crippen LogP) is 8.61. The molecule has 0 fully saturated rings. The van der Waals surface area contributed by atoms with E-state index in [1.165, 1.54) is 33.0 Å². The third kappa shape index (κ3) is 3.52. The molecule has 2 nitrogen and oxygen atoms in total. The van der Waals surface area contributed by atoms with Gasteiger partial charge in [-0.15, -0.1) is 0 Å². The van der Waals surface area contributed by atoms with Gasteiger partial charge < -0.3 is 0 Å². The number of rotatable bonds is 4. The Morgan fingerprint density at radius 2 is 1.35 bits per heavy atom. The Hall–Kier alpha value is -3.74. The van der Waals surface area contributed by atoms with Gasteiger partial charge in [0.15, 0.2) is 0 Å². The topological polar surface area (TPSA) is 20.3 Å². The van der Waals surface area contributed by atoms with E-state index in [4.69, 9.17) is 0 Å². The molecule has 0 N–H and O–H groups in total. The maximum Gasteiger partial charge on any atom is 0.448 e. The first-order chi connectivity index (χ1) is 16.8. The Bertz CT molecular complexity index is 1470. The molecule has 0 amide bonds. The number of hydrogen-bond donors (Lipinski definition) is 0. The first-order valence-corrected chi connectivity index (χ1v) is 12.6. The van der Waals surface area contributed by atoms with Gasteiger partial charge in [-0.25, -0.2) is 0 Å². The molecule has 0 aliphatic carbocycles. The van der Waals surface area contributed by atoms with Crippen LogP contribution in [-0.4, -0.2) is 0 Å². The molecule has 5 aromatic carbocycles. The minimum absolute atomic E-state index is 0.0583. The first-order valence-electron chi connectivity index (χ1n) is 11.8. The van der Waals surface area contributed by atoms with E-state index >= 15 is 0 Å². The highest BCUT2D eigenvalue weighted by Gasteiger charge is 2.36. The summed E-state index contributed by atoms with van der Waals surface area (Å²) >= 11 is 0. The van der Waals surface area contributed by atoms with Crippen molar-refractivity contribution < 1.29 is 4.57 Å². The molecule has 3 heteroatoms.